The number of aliphatic hydroxyl groups is 1. The molecule has 4 atom stereocenters. The molecule has 0 aromatic carbocycles. The third-order valence-corrected chi connectivity index (χ3v) is 8.12. The van der Waals surface area contributed by atoms with E-state index in [0.29, 0.717) is 39.0 Å². The molecule has 2 unspecified atom stereocenters. The SMILES string of the molecule is CC(=O)N1CCCC12CN(CC(=O)N[C@H](c1ncno1)[C@@H](C)O)C2=O.CC(=O)N1CCCC12CN(CC(=O)O)C2=O. The fraction of sp³-hybridized carbons (Fsp3) is 0.680. The van der Waals surface area contributed by atoms with Crippen LogP contribution >= 0.6 is 0 Å². The van der Waals surface area contributed by atoms with Crippen molar-refractivity contribution in [1.29, 1.82) is 0 Å². The molecule has 16 nitrogen and oxygen atoms in total. The van der Waals surface area contributed by atoms with E-state index >= 15 is 0 Å². The minimum Gasteiger partial charge on any atom is -0.480 e. The van der Waals surface area contributed by atoms with Gasteiger partial charge in [0.1, 0.15) is 23.7 Å². The zero-order valence-electron chi connectivity index (χ0n) is 23.2. The summed E-state index contributed by atoms with van der Waals surface area (Å²) in [4.78, 5) is 79.9. The van der Waals surface area contributed by atoms with Crippen molar-refractivity contribution in [3.63, 3.8) is 0 Å². The monoisotopic (exact) mass is 577 g/mol. The van der Waals surface area contributed by atoms with Gasteiger partial charge in [0.25, 0.3) is 17.7 Å². The lowest BCUT2D eigenvalue weighted by atomic mass is 9.85. The Morgan fingerprint density at radius 2 is 1.49 bits per heavy atom. The van der Waals surface area contributed by atoms with Gasteiger partial charge < -0.3 is 39.7 Å². The Kier molecular flexibility index (Phi) is 8.33. The summed E-state index contributed by atoms with van der Waals surface area (Å²) >= 11 is 0. The van der Waals surface area contributed by atoms with Gasteiger partial charge in [-0.25, -0.2) is 0 Å². The van der Waals surface area contributed by atoms with Crippen molar-refractivity contribution < 1.29 is 43.5 Å². The molecule has 0 bridgehead atoms. The first-order valence-corrected chi connectivity index (χ1v) is 13.4. The lowest BCUT2D eigenvalue weighted by Crippen LogP contribution is -2.73. The van der Waals surface area contributed by atoms with Gasteiger partial charge in [-0.2, -0.15) is 4.98 Å². The Morgan fingerprint density at radius 1 is 0.976 bits per heavy atom. The number of carboxylic acid groups (broad SMARTS) is 1. The molecule has 5 heterocycles. The first-order chi connectivity index (χ1) is 19.3. The van der Waals surface area contributed by atoms with Crippen molar-refractivity contribution in [2.75, 3.05) is 39.3 Å². The summed E-state index contributed by atoms with van der Waals surface area (Å²) in [6.45, 7) is 5.84. The van der Waals surface area contributed by atoms with Gasteiger partial charge in [0.15, 0.2) is 6.33 Å². The molecule has 3 N–H and O–H groups in total. The Hall–Kier alpha value is -4.08. The largest absolute Gasteiger partial charge is 0.480 e. The van der Waals surface area contributed by atoms with Crippen LogP contribution in [0.3, 0.4) is 0 Å². The van der Waals surface area contributed by atoms with Crippen LogP contribution in [0.1, 0.15) is 58.4 Å². The summed E-state index contributed by atoms with van der Waals surface area (Å²) in [5, 5.41) is 24.4. The van der Waals surface area contributed by atoms with Crippen LogP contribution in [0.5, 0.6) is 0 Å². The molecule has 2 spiro atoms. The fourth-order valence-corrected chi connectivity index (χ4v) is 6.28. The molecule has 1 aromatic heterocycles. The van der Waals surface area contributed by atoms with Gasteiger partial charge in [-0.15, -0.1) is 0 Å². The molecule has 41 heavy (non-hydrogen) atoms. The predicted molar refractivity (Wildman–Crippen MR) is 136 cm³/mol. The molecule has 16 heteroatoms. The van der Waals surface area contributed by atoms with Crippen molar-refractivity contribution in [3.05, 3.63) is 12.2 Å². The lowest BCUT2D eigenvalue weighted by Gasteiger charge is -2.50. The minimum atomic E-state index is -1.02. The third kappa shape index (κ3) is 5.47. The van der Waals surface area contributed by atoms with Gasteiger partial charge in [0.2, 0.25) is 17.7 Å². The molecule has 5 rings (SSSR count). The number of amides is 5. The van der Waals surface area contributed by atoms with E-state index in [9.17, 15) is 33.9 Å². The predicted octanol–water partition coefficient (Wildman–Crippen LogP) is -1.87. The van der Waals surface area contributed by atoms with E-state index < -0.39 is 35.1 Å². The number of hydrogen-bond donors (Lipinski definition) is 3. The maximum atomic E-state index is 12.5. The number of likely N-dealkylation sites (tertiary alicyclic amines) is 4. The molecule has 4 fully saturated rings. The molecule has 224 valence electrons. The summed E-state index contributed by atoms with van der Waals surface area (Å²) in [7, 11) is 0. The quantitative estimate of drug-likeness (QED) is 0.306. The molecule has 0 aliphatic carbocycles. The van der Waals surface area contributed by atoms with Crippen molar-refractivity contribution in [3.8, 4) is 0 Å². The molecule has 4 aliphatic heterocycles. The molecule has 4 saturated heterocycles. The molecular formula is C25H35N7O9. The minimum absolute atomic E-state index is 0.0910. The Morgan fingerprint density at radius 3 is 1.88 bits per heavy atom. The van der Waals surface area contributed by atoms with Crippen molar-refractivity contribution in [1.82, 2.24) is 35.1 Å². The fourth-order valence-electron chi connectivity index (χ4n) is 6.28. The normalized spacial score (nSPS) is 26.3. The summed E-state index contributed by atoms with van der Waals surface area (Å²) in [6, 6.07) is -0.847. The summed E-state index contributed by atoms with van der Waals surface area (Å²) in [5.74, 6) is -2.03. The zero-order chi connectivity index (χ0) is 30.1. The summed E-state index contributed by atoms with van der Waals surface area (Å²) in [6.07, 6.45) is 3.11. The van der Waals surface area contributed by atoms with Crippen LogP contribution in [0.2, 0.25) is 0 Å². The maximum absolute atomic E-state index is 12.5. The van der Waals surface area contributed by atoms with E-state index in [2.05, 4.69) is 15.5 Å². The highest BCUT2D eigenvalue weighted by Gasteiger charge is 2.60. The molecule has 0 radical (unpaired) electrons. The van der Waals surface area contributed by atoms with Crippen LogP contribution in [-0.4, -0.2) is 132 Å². The van der Waals surface area contributed by atoms with Gasteiger partial charge in [0, 0.05) is 26.9 Å². The standard InChI is InChI=1S/C15H21N5O5.C10H14N2O4/c1-9(21)12(13-16-8-17-25-13)18-11(23)6-19-7-15(14(19)24)4-3-5-20(15)10(2)22;1-7(13)12-4-2-3-10(12)6-11(9(10)16)5-8(14)15/h8-9,12,21H,3-7H2,1-2H3,(H,18,23);2-6H2,1H3,(H,14,15)/t9-,12+,15?;/m1./s1. The first kappa shape index (κ1) is 29.9. The lowest BCUT2D eigenvalue weighted by molar-refractivity contribution is -0.170. The highest BCUT2D eigenvalue weighted by atomic mass is 16.5. The second-order valence-electron chi connectivity index (χ2n) is 10.9. The Labute approximate surface area is 235 Å². The van der Waals surface area contributed by atoms with Crippen LogP contribution in [0, 0.1) is 0 Å². The van der Waals surface area contributed by atoms with Crippen LogP contribution in [-0.2, 0) is 28.8 Å². The number of nitrogens with one attached hydrogen (secondary N) is 1. The highest BCUT2D eigenvalue weighted by Crippen LogP contribution is 2.39. The van der Waals surface area contributed by atoms with Crippen LogP contribution < -0.4 is 5.32 Å². The number of carboxylic acids is 1. The van der Waals surface area contributed by atoms with Crippen molar-refractivity contribution in [2.24, 2.45) is 0 Å². The van der Waals surface area contributed by atoms with Gasteiger partial charge >= 0.3 is 5.97 Å². The van der Waals surface area contributed by atoms with E-state index in [1.165, 1.54) is 36.9 Å². The zero-order valence-corrected chi connectivity index (χ0v) is 23.2. The second kappa shape index (κ2) is 11.4. The molecule has 1 aromatic rings. The number of aliphatic carboxylic acids is 1. The molecule has 5 amide bonds. The van der Waals surface area contributed by atoms with E-state index in [1.807, 2.05) is 0 Å². The van der Waals surface area contributed by atoms with Crippen molar-refractivity contribution in [2.45, 2.75) is 69.7 Å². The highest BCUT2D eigenvalue weighted by molar-refractivity contribution is 5.99. The average Bonchev–Trinajstić information content (AvgIpc) is 3.67. The number of rotatable bonds is 7. The van der Waals surface area contributed by atoms with Gasteiger partial charge in [-0.1, -0.05) is 5.16 Å². The average molecular weight is 578 g/mol. The number of carbonyl (C=O) groups excluding carboxylic acids is 5. The van der Waals surface area contributed by atoms with E-state index in [4.69, 9.17) is 9.63 Å². The van der Waals surface area contributed by atoms with E-state index in [-0.39, 0.29) is 42.6 Å². The topological polar surface area (TPSA) is 207 Å². The third-order valence-electron chi connectivity index (χ3n) is 8.12. The second-order valence-corrected chi connectivity index (χ2v) is 10.9. The number of aliphatic hydroxyl groups excluding tert-OH is 1. The Bertz CT molecular complexity index is 1220. The van der Waals surface area contributed by atoms with E-state index in [0.717, 1.165) is 12.8 Å². The molecule has 0 saturated carbocycles. The summed E-state index contributed by atoms with van der Waals surface area (Å²) < 4.78 is 4.88. The van der Waals surface area contributed by atoms with Crippen LogP contribution in [0.25, 0.3) is 0 Å². The van der Waals surface area contributed by atoms with Crippen molar-refractivity contribution >= 4 is 35.5 Å². The van der Waals surface area contributed by atoms with E-state index in [1.54, 1.807) is 9.80 Å². The number of carbonyl (C=O) groups is 6. The molecular weight excluding hydrogens is 542 g/mol. The smallest absolute Gasteiger partial charge is 0.323 e. The number of hydrogen-bond acceptors (Lipinski definition) is 10. The molecule has 4 aliphatic rings. The first-order valence-electron chi connectivity index (χ1n) is 13.4. The van der Waals surface area contributed by atoms with Gasteiger partial charge in [-0.3, -0.25) is 28.8 Å². The van der Waals surface area contributed by atoms with Gasteiger partial charge in [-0.05, 0) is 32.6 Å². The van der Waals surface area contributed by atoms with Crippen LogP contribution in [0.4, 0.5) is 0 Å². The number of nitrogens with zero attached hydrogens (tertiary/aromatic N) is 6. The maximum Gasteiger partial charge on any atom is 0.323 e. The summed E-state index contributed by atoms with van der Waals surface area (Å²) in [5.41, 5.74) is -1.50. The Balaban J connectivity index is 0.000000208. The number of aromatic nitrogens is 2. The van der Waals surface area contributed by atoms with Crippen LogP contribution in [0.15, 0.2) is 10.9 Å². The number of β-lactam (4-membered cyclic amide) rings is 2. The van der Waals surface area contributed by atoms with Gasteiger partial charge in [0.05, 0.1) is 25.7 Å².